The number of aliphatic carboxylic acids is 1. The highest BCUT2D eigenvalue weighted by Crippen LogP contribution is 2.11. The van der Waals surface area contributed by atoms with Crippen LogP contribution in [0.2, 0.25) is 0 Å². The molecule has 0 radical (unpaired) electrons. The van der Waals surface area contributed by atoms with E-state index in [1.54, 1.807) is 13.8 Å². The summed E-state index contributed by atoms with van der Waals surface area (Å²) in [4.78, 5) is 10.2. The highest BCUT2D eigenvalue weighted by Gasteiger charge is 2.11. The molecule has 2 unspecified atom stereocenters. The van der Waals surface area contributed by atoms with Gasteiger partial charge in [0.15, 0.2) is 0 Å². The summed E-state index contributed by atoms with van der Waals surface area (Å²) in [5.74, 6) is -0.348. The zero-order valence-corrected chi connectivity index (χ0v) is 6.89. The van der Waals surface area contributed by atoms with Crippen molar-refractivity contribution >= 4 is 17.7 Å². The van der Waals surface area contributed by atoms with Crippen molar-refractivity contribution < 1.29 is 15.0 Å². The number of hydrogen-bond acceptors (Lipinski definition) is 3. The number of rotatable bonds is 4. The molecule has 0 heterocycles. The van der Waals surface area contributed by atoms with Crippen LogP contribution in [0.25, 0.3) is 0 Å². The largest absolute Gasteiger partial charge is 0.480 e. The summed E-state index contributed by atoms with van der Waals surface area (Å²) < 4.78 is 0. The molecule has 4 heteroatoms. The van der Waals surface area contributed by atoms with Gasteiger partial charge in [-0.2, -0.15) is 0 Å². The molecule has 0 saturated heterocycles. The highest BCUT2D eigenvalue weighted by atomic mass is 32.2. The smallest absolute Gasteiger partial charge is 0.316 e. The minimum atomic E-state index is -0.828. The predicted octanol–water partition coefficient (Wildman–Crippen LogP) is 0.574. The first-order chi connectivity index (χ1) is 4.54. The molecule has 0 bridgehead atoms. The molecule has 0 aliphatic heterocycles. The highest BCUT2D eigenvalue weighted by molar-refractivity contribution is 8.00. The van der Waals surface area contributed by atoms with Crippen LogP contribution in [0.15, 0.2) is 0 Å². The molecule has 0 rings (SSSR count). The van der Waals surface area contributed by atoms with Crippen LogP contribution in [-0.2, 0) is 4.79 Å². The molecular formula is C6H12O3S. The van der Waals surface area contributed by atoms with E-state index in [2.05, 4.69) is 0 Å². The Bertz CT molecular complexity index is 114. The molecule has 0 aromatic rings. The monoisotopic (exact) mass is 164 g/mol. The molecule has 0 aliphatic rings. The molecule has 2 atom stereocenters. The van der Waals surface area contributed by atoms with E-state index in [1.807, 2.05) is 0 Å². The second-order valence-corrected chi connectivity index (χ2v) is 3.54. The third kappa shape index (κ3) is 4.64. The number of carboxylic acid groups (broad SMARTS) is 1. The Balaban J connectivity index is 3.40. The summed E-state index contributed by atoms with van der Waals surface area (Å²) in [5.41, 5.74) is 0. The third-order valence-corrected chi connectivity index (χ3v) is 2.31. The molecular weight excluding hydrogens is 152 g/mol. The van der Waals surface area contributed by atoms with Crippen LogP contribution in [0.4, 0.5) is 0 Å². The average Bonchev–Trinajstić information content (AvgIpc) is 1.82. The van der Waals surface area contributed by atoms with Crippen LogP contribution in [0.3, 0.4) is 0 Å². The normalized spacial score (nSPS) is 16.3. The van der Waals surface area contributed by atoms with Crippen molar-refractivity contribution in [3.8, 4) is 0 Å². The van der Waals surface area contributed by atoms with Crippen molar-refractivity contribution in [2.45, 2.75) is 25.2 Å². The van der Waals surface area contributed by atoms with Gasteiger partial charge in [-0.25, -0.2) is 0 Å². The van der Waals surface area contributed by atoms with Crippen LogP contribution in [0.1, 0.15) is 13.8 Å². The molecule has 0 spiro atoms. The van der Waals surface area contributed by atoms with E-state index in [0.717, 1.165) is 0 Å². The van der Waals surface area contributed by atoms with E-state index < -0.39 is 17.3 Å². The van der Waals surface area contributed by atoms with Crippen molar-refractivity contribution in [1.29, 1.82) is 0 Å². The van der Waals surface area contributed by atoms with Gasteiger partial charge in [0.1, 0.15) is 0 Å². The Labute approximate surface area is 64.4 Å². The van der Waals surface area contributed by atoms with Gasteiger partial charge in [0.05, 0.1) is 11.4 Å². The topological polar surface area (TPSA) is 57.5 Å². The van der Waals surface area contributed by atoms with Crippen LogP contribution in [-0.4, -0.2) is 33.3 Å². The quantitative estimate of drug-likeness (QED) is 0.638. The van der Waals surface area contributed by atoms with Gasteiger partial charge in [-0.3, -0.25) is 4.79 Å². The summed E-state index contributed by atoms with van der Waals surface area (Å²) >= 11 is 1.24. The molecule has 2 N–H and O–H groups in total. The lowest BCUT2D eigenvalue weighted by atomic mass is 10.5. The third-order valence-electron chi connectivity index (χ3n) is 0.935. The fraction of sp³-hybridized carbons (Fsp3) is 0.833. The number of aliphatic hydroxyl groups excluding tert-OH is 1. The molecule has 3 nitrogen and oxygen atoms in total. The van der Waals surface area contributed by atoms with Crippen molar-refractivity contribution in [2.24, 2.45) is 0 Å². The number of hydrogen-bond donors (Lipinski definition) is 2. The Morgan fingerprint density at radius 3 is 2.40 bits per heavy atom. The van der Waals surface area contributed by atoms with Gasteiger partial charge >= 0.3 is 5.97 Å². The van der Waals surface area contributed by atoms with Gasteiger partial charge < -0.3 is 10.2 Å². The van der Waals surface area contributed by atoms with Crippen molar-refractivity contribution in [2.75, 3.05) is 5.75 Å². The van der Waals surface area contributed by atoms with Crippen LogP contribution in [0, 0.1) is 0 Å². The SMILES string of the molecule is CC(O)CSC(C)C(=O)O. The molecule has 0 amide bonds. The molecule has 10 heavy (non-hydrogen) atoms. The predicted molar refractivity (Wildman–Crippen MR) is 41.2 cm³/mol. The Morgan fingerprint density at radius 1 is 1.60 bits per heavy atom. The van der Waals surface area contributed by atoms with E-state index in [9.17, 15) is 4.79 Å². The maximum Gasteiger partial charge on any atom is 0.316 e. The summed E-state index contributed by atoms with van der Waals surface area (Å²) in [7, 11) is 0. The second-order valence-electron chi connectivity index (χ2n) is 2.16. The van der Waals surface area contributed by atoms with E-state index in [4.69, 9.17) is 10.2 Å². The summed E-state index contributed by atoms with van der Waals surface area (Å²) in [6.07, 6.45) is -0.424. The fourth-order valence-electron chi connectivity index (χ4n) is 0.355. The van der Waals surface area contributed by atoms with Gasteiger partial charge in [0.2, 0.25) is 0 Å². The maximum atomic E-state index is 10.2. The first-order valence-electron chi connectivity index (χ1n) is 3.06. The van der Waals surface area contributed by atoms with Gasteiger partial charge in [-0.15, -0.1) is 11.8 Å². The van der Waals surface area contributed by atoms with Crippen molar-refractivity contribution in [3.63, 3.8) is 0 Å². The summed E-state index contributed by atoms with van der Waals surface area (Å²) in [6, 6.07) is 0. The standard InChI is InChI=1S/C6H12O3S/c1-4(7)3-10-5(2)6(8)9/h4-5,7H,3H2,1-2H3,(H,8,9). The van der Waals surface area contributed by atoms with Crippen molar-refractivity contribution in [1.82, 2.24) is 0 Å². The minimum Gasteiger partial charge on any atom is -0.480 e. The first kappa shape index (κ1) is 9.78. The van der Waals surface area contributed by atoms with Crippen LogP contribution < -0.4 is 0 Å². The number of carboxylic acids is 1. The second kappa shape index (κ2) is 4.57. The van der Waals surface area contributed by atoms with E-state index in [-0.39, 0.29) is 0 Å². The summed E-state index contributed by atoms with van der Waals surface area (Å²) in [5, 5.41) is 16.7. The minimum absolute atomic E-state index is 0.422. The van der Waals surface area contributed by atoms with Gasteiger partial charge in [0.25, 0.3) is 0 Å². The Kier molecular flexibility index (Phi) is 4.47. The number of carbonyl (C=O) groups is 1. The molecule has 0 fully saturated rings. The van der Waals surface area contributed by atoms with Crippen LogP contribution >= 0.6 is 11.8 Å². The van der Waals surface area contributed by atoms with Crippen molar-refractivity contribution in [3.05, 3.63) is 0 Å². The van der Waals surface area contributed by atoms with Crippen LogP contribution in [0.5, 0.6) is 0 Å². The molecule has 0 saturated carbocycles. The number of thioether (sulfide) groups is 1. The first-order valence-corrected chi connectivity index (χ1v) is 4.11. The maximum absolute atomic E-state index is 10.2. The molecule has 0 aromatic carbocycles. The van der Waals surface area contributed by atoms with E-state index in [0.29, 0.717) is 5.75 Å². The lowest BCUT2D eigenvalue weighted by Crippen LogP contribution is -2.15. The van der Waals surface area contributed by atoms with Gasteiger partial charge in [-0.1, -0.05) is 0 Å². The zero-order valence-electron chi connectivity index (χ0n) is 6.07. The lowest BCUT2D eigenvalue weighted by molar-refractivity contribution is -0.136. The molecule has 60 valence electrons. The van der Waals surface area contributed by atoms with Gasteiger partial charge in [0, 0.05) is 5.75 Å². The van der Waals surface area contributed by atoms with Gasteiger partial charge in [-0.05, 0) is 13.8 Å². The lowest BCUT2D eigenvalue weighted by Gasteiger charge is -2.06. The van der Waals surface area contributed by atoms with E-state index in [1.165, 1.54) is 11.8 Å². The summed E-state index contributed by atoms with van der Waals surface area (Å²) in [6.45, 7) is 3.25. The zero-order chi connectivity index (χ0) is 8.15. The fourth-order valence-corrected chi connectivity index (χ4v) is 1.06. The average molecular weight is 164 g/mol. The van der Waals surface area contributed by atoms with E-state index >= 15 is 0 Å². The molecule has 0 aliphatic carbocycles. The molecule has 0 aromatic heterocycles. The Hall–Kier alpha value is -0.220. The number of aliphatic hydroxyl groups is 1. The Morgan fingerprint density at radius 2 is 2.10 bits per heavy atom.